The highest BCUT2D eigenvalue weighted by Gasteiger charge is 2.41. The first kappa shape index (κ1) is 21.0. The van der Waals surface area contributed by atoms with Crippen LogP contribution in [-0.2, 0) is 23.9 Å². The summed E-state index contributed by atoms with van der Waals surface area (Å²) in [7, 11) is 0. The summed E-state index contributed by atoms with van der Waals surface area (Å²) in [6.45, 7) is 3.17. The Hall–Kier alpha value is -2.70. The van der Waals surface area contributed by atoms with Crippen LogP contribution >= 0.6 is 0 Å². The fourth-order valence-corrected chi connectivity index (χ4v) is 4.35. The highest BCUT2D eigenvalue weighted by molar-refractivity contribution is 5.96. The SMILES string of the molecule is Cc1cccc(C)c1NC(=O)CNC(=O)COC(=O)C1C[C@H]2CCC[C@@H](C1)C2=O. The zero-order valence-corrected chi connectivity index (χ0v) is 17.0. The van der Waals surface area contributed by atoms with Gasteiger partial charge in [0.25, 0.3) is 5.91 Å². The molecule has 0 radical (unpaired) electrons. The summed E-state index contributed by atoms with van der Waals surface area (Å²) >= 11 is 0. The van der Waals surface area contributed by atoms with Crippen LogP contribution in [-0.4, -0.2) is 36.7 Å². The zero-order valence-electron chi connectivity index (χ0n) is 17.0. The molecule has 1 aromatic rings. The second-order valence-corrected chi connectivity index (χ2v) is 8.09. The quantitative estimate of drug-likeness (QED) is 0.714. The molecule has 2 aliphatic rings. The second-order valence-electron chi connectivity index (χ2n) is 8.09. The largest absolute Gasteiger partial charge is 0.455 e. The van der Waals surface area contributed by atoms with Crippen molar-refractivity contribution in [2.75, 3.05) is 18.5 Å². The minimum atomic E-state index is -0.526. The number of nitrogens with one attached hydrogen (secondary N) is 2. The first-order valence-electron chi connectivity index (χ1n) is 10.2. The van der Waals surface area contributed by atoms with Crippen LogP contribution in [0.15, 0.2) is 18.2 Å². The maximum atomic E-state index is 12.3. The van der Waals surface area contributed by atoms with Gasteiger partial charge >= 0.3 is 5.97 Å². The fourth-order valence-electron chi connectivity index (χ4n) is 4.35. The third kappa shape index (κ3) is 5.22. The van der Waals surface area contributed by atoms with E-state index in [4.69, 9.17) is 4.74 Å². The number of para-hydroxylation sites is 1. The number of anilines is 1. The van der Waals surface area contributed by atoms with Crippen LogP contribution in [0.5, 0.6) is 0 Å². The number of esters is 1. The average Bonchev–Trinajstić information content (AvgIpc) is 2.67. The lowest BCUT2D eigenvalue weighted by Gasteiger charge is -2.36. The Morgan fingerprint density at radius 2 is 1.66 bits per heavy atom. The van der Waals surface area contributed by atoms with Crippen molar-refractivity contribution in [2.45, 2.75) is 46.0 Å². The molecule has 3 atom stereocenters. The van der Waals surface area contributed by atoms with E-state index in [-0.39, 0.29) is 36.0 Å². The number of ether oxygens (including phenoxy) is 1. The fraction of sp³-hybridized carbons (Fsp3) is 0.545. The number of carbonyl (C=O) groups excluding carboxylic acids is 4. The van der Waals surface area contributed by atoms with Gasteiger partial charge in [-0.15, -0.1) is 0 Å². The number of aryl methyl sites for hydroxylation is 2. The molecule has 1 aromatic carbocycles. The van der Waals surface area contributed by atoms with Gasteiger partial charge < -0.3 is 15.4 Å². The molecule has 2 N–H and O–H groups in total. The molecule has 7 nitrogen and oxygen atoms in total. The van der Waals surface area contributed by atoms with E-state index in [0.29, 0.717) is 12.8 Å². The topological polar surface area (TPSA) is 102 Å². The number of hydrogen-bond acceptors (Lipinski definition) is 5. The number of fused-ring (bicyclic) bond motifs is 2. The van der Waals surface area contributed by atoms with E-state index in [1.165, 1.54) is 0 Å². The van der Waals surface area contributed by atoms with Gasteiger partial charge in [-0.1, -0.05) is 24.6 Å². The highest BCUT2D eigenvalue weighted by Crippen LogP contribution is 2.40. The van der Waals surface area contributed by atoms with Crippen molar-refractivity contribution < 1.29 is 23.9 Å². The molecule has 2 saturated carbocycles. The van der Waals surface area contributed by atoms with E-state index in [2.05, 4.69) is 10.6 Å². The number of ketones is 1. The first-order chi connectivity index (χ1) is 13.8. The third-order valence-electron chi connectivity index (χ3n) is 5.92. The molecule has 29 heavy (non-hydrogen) atoms. The van der Waals surface area contributed by atoms with Crippen molar-refractivity contribution >= 4 is 29.3 Å². The lowest BCUT2D eigenvalue weighted by atomic mass is 9.67. The van der Waals surface area contributed by atoms with E-state index in [9.17, 15) is 19.2 Å². The van der Waals surface area contributed by atoms with Gasteiger partial charge in [0.15, 0.2) is 6.61 Å². The Kier molecular flexibility index (Phi) is 6.67. The number of hydrogen-bond donors (Lipinski definition) is 2. The maximum absolute atomic E-state index is 12.3. The molecule has 2 bridgehead atoms. The molecule has 2 fully saturated rings. The number of carbonyl (C=O) groups is 4. The molecule has 0 saturated heterocycles. The Bertz CT molecular complexity index is 783. The predicted molar refractivity (Wildman–Crippen MR) is 107 cm³/mol. The molecule has 2 amide bonds. The van der Waals surface area contributed by atoms with Crippen LogP contribution in [0.2, 0.25) is 0 Å². The van der Waals surface area contributed by atoms with Crippen molar-refractivity contribution in [2.24, 2.45) is 17.8 Å². The van der Waals surface area contributed by atoms with Crippen LogP contribution in [0.3, 0.4) is 0 Å². The van der Waals surface area contributed by atoms with Gasteiger partial charge in [-0.2, -0.15) is 0 Å². The van der Waals surface area contributed by atoms with Gasteiger partial charge in [0.05, 0.1) is 12.5 Å². The number of amides is 2. The van der Waals surface area contributed by atoms with Crippen molar-refractivity contribution in [1.29, 1.82) is 0 Å². The molecule has 7 heteroatoms. The van der Waals surface area contributed by atoms with Crippen molar-refractivity contribution in [3.8, 4) is 0 Å². The maximum Gasteiger partial charge on any atom is 0.309 e. The van der Waals surface area contributed by atoms with Gasteiger partial charge in [0.2, 0.25) is 5.91 Å². The standard InChI is InChI=1S/C22H28N2O5/c1-13-5-3-6-14(2)20(13)24-18(25)11-23-19(26)12-29-22(28)17-9-15-7-4-8-16(10-17)21(15)27/h3,5-6,15-17H,4,7-12H2,1-2H3,(H,23,26)(H,24,25)/t15-,16+,17?. The Morgan fingerprint density at radius 1 is 1.03 bits per heavy atom. The summed E-state index contributed by atoms with van der Waals surface area (Å²) in [6.07, 6.45) is 3.77. The van der Waals surface area contributed by atoms with Crippen LogP contribution < -0.4 is 10.6 Å². The smallest absolute Gasteiger partial charge is 0.309 e. The summed E-state index contributed by atoms with van der Waals surface area (Å²) in [6, 6.07) is 5.70. The Morgan fingerprint density at radius 3 is 2.28 bits per heavy atom. The summed E-state index contributed by atoms with van der Waals surface area (Å²) in [5, 5.41) is 5.25. The number of rotatable bonds is 6. The van der Waals surface area contributed by atoms with E-state index in [0.717, 1.165) is 36.1 Å². The second kappa shape index (κ2) is 9.20. The van der Waals surface area contributed by atoms with E-state index < -0.39 is 18.5 Å². The van der Waals surface area contributed by atoms with Gasteiger partial charge in [-0.05, 0) is 50.7 Å². The van der Waals surface area contributed by atoms with E-state index in [1.807, 2.05) is 32.0 Å². The summed E-state index contributed by atoms with van der Waals surface area (Å²) < 4.78 is 5.14. The monoisotopic (exact) mass is 400 g/mol. The van der Waals surface area contributed by atoms with Crippen molar-refractivity contribution in [1.82, 2.24) is 5.32 Å². The van der Waals surface area contributed by atoms with Crippen molar-refractivity contribution in [3.63, 3.8) is 0 Å². The normalized spacial score (nSPS) is 23.2. The molecule has 0 heterocycles. The van der Waals surface area contributed by atoms with Crippen LogP contribution in [0.4, 0.5) is 5.69 Å². The van der Waals surface area contributed by atoms with E-state index >= 15 is 0 Å². The zero-order chi connectivity index (χ0) is 21.0. The van der Waals surface area contributed by atoms with E-state index in [1.54, 1.807) is 0 Å². The van der Waals surface area contributed by atoms with Crippen LogP contribution in [0, 0.1) is 31.6 Å². The molecular weight excluding hydrogens is 372 g/mol. The molecule has 2 aliphatic carbocycles. The summed E-state index contributed by atoms with van der Waals surface area (Å²) in [5.41, 5.74) is 2.61. The number of Topliss-reactive ketones (excluding diaryl/α,β-unsaturated/α-hetero) is 1. The minimum Gasteiger partial charge on any atom is -0.455 e. The van der Waals surface area contributed by atoms with Crippen molar-refractivity contribution in [3.05, 3.63) is 29.3 Å². The molecule has 0 spiro atoms. The predicted octanol–water partition coefficient (Wildman–Crippen LogP) is 2.30. The van der Waals surface area contributed by atoms with Gasteiger partial charge in [0, 0.05) is 17.5 Å². The average molecular weight is 400 g/mol. The van der Waals surface area contributed by atoms with Gasteiger partial charge in [-0.25, -0.2) is 0 Å². The Labute approximate surface area is 170 Å². The molecule has 0 aromatic heterocycles. The van der Waals surface area contributed by atoms with Crippen LogP contribution in [0.1, 0.15) is 43.2 Å². The third-order valence-corrected chi connectivity index (χ3v) is 5.92. The molecule has 3 rings (SSSR count). The highest BCUT2D eigenvalue weighted by atomic mass is 16.5. The molecule has 1 unspecified atom stereocenters. The first-order valence-corrected chi connectivity index (χ1v) is 10.2. The lowest BCUT2D eigenvalue weighted by Crippen LogP contribution is -2.40. The molecule has 156 valence electrons. The Balaban J connectivity index is 1.40. The summed E-state index contributed by atoms with van der Waals surface area (Å²) in [4.78, 5) is 48.4. The molecule has 0 aliphatic heterocycles. The van der Waals surface area contributed by atoms with Crippen LogP contribution in [0.25, 0.3) is 0 Å². The van der Waals surface area contributed by atoms with Gasteiger partial charge in [-0.3, -0.25) is 19.2 Å². The minimum absolute atomic E-state index is 0.0394. The lowest BCUT2D eigenvalue weighted by molar-refractivity contribution is -0.156. The number of benzene rings is 1. The van der Waals surface area contributed by atoms with Gasteiger partial charge in [0.1, 0.15) is 5.78 Å². The summed E-state index contributed by atoms with van der Waals surface area (Å²) in [5.74, 6) is -1.41. The molecular formula is C22H28N2O5.